The fraction of sp³-hybridized carbons (Fsp3) is 0. The quantitative estimate of drug-likeness (QED) is 0.125. The monoisotopic (exact) mass is 715 g/mol. The molecular weight excluding hydrogens is 667 g/mol. The minimum atomic E-state index is -1.75. The van der Waals surface area contributed by atoms with Gasteiger partial charge in [-0.25, -0.2) is 0 Å². The van der Waals surface area contributed by atoms with E-state index in [-0.39, 0.29) is 119 Å². The SMILES string of the molecule is N.N.N.N.N.N.N.N.N.N.N.N.N.N.N.N.O=[N+]([O-])[O-].O=[N+]([O-])[O-].O=[N+]([O-])[O-].O=[N+]([O-])[O-].[Pt+4]. The van der Waals surface area contributed by atoms with Crippen molar-refractivity contribution < 1.29 is 41.4 Å². The van der Waals surface area contributed by atoms with Gasteiger partial charge in [-0.2, -0.15) is 0 Å². The molecule has 0 fully saturated rings. The van der Waals surface area contributed by atoms with E-state index in [4.69, 9.17) is 61.3 Å². The van der Waals surface area contributed by atoms with Crippen LogP contribution in [0.4, 0.5) is 0 Å². The average Bonchev–Trinajstić information content (AvgIpc) is 1.76. The van der Waals surface area contributed by atoms with Gasteiger partial charge in [0.1, 0.15) is 0 Å². The molecule has 0 aromatic rings. The molecule has 33 heavy (non-hydrogen) atoms. The van der Waals surface area contributed by atoms with Crippen LogP contribution in [0.2, 0.25) is 0 Å². The summed E-state index contributed by atoms with van der Waals surface area (Å²) in [6.07, 6.45) is 0. The molecule has 0 aromatic heterocycles. The fourth-order valence-corrected chi connectivity index (χ4v) is 0. The third-order valence-electron chi connectivity index (χ3n) is 0. The van der Waals surface area contributed by atoms with Gasteiger partial charge in [0.2, 0.25) is 0 Å². The summed E-state index contributed by atoms with van der Waals surface area (Å²) in [6.45, 7) is 0. The minimum absolute atomic E-state index is 0. The molecule has 32 nitrogen and oxygen atoms in total. The summed E-state index contributed by atoms with van der Waals surface area (Å²) in [4.78, 5) is 33.0. The van der Waals surface area contributed by atoms with Crippen LogP contribution in [0.5, 0.6) is 0 Å². The Morgan fingerprint density at radius 2 is 0.242 bits per heavy atom. The predicted octanol–water partition coefficient (Wildman–Crippen LogP) is 1.63. The first-order chi connectivity index (χ1) is 6.93. The smallest absolute Gasteiger partial charge is 0.356 e. The summed E-state index contributed by atoms with van der Waals surface area (Å²) in [5.41, 5.74) is 0. The van der Waals surface area contributed by atoms with Gasteiger partial charge in [-0.1, -0.05) is 0 Å². The summed E-state index contributed by atoms with van der Waals surface area (Å²) in [5.74, 6) is 0. The van der Waals surface area contributed by atoms with Crippen molar-refractivity contribution in [2.45, 2.75) is 0 Å². The zero-order valence-electron chi connectivity index (χ0n) is 18.3. The van der Waals surface area contributed by atoms with E-state index in [1.165, 1.54) is 0 Å². The zero-order valence-corrected chi connectivity index (χ0v) is 20.6. The second-order valence-electron chi connectivity index (χ2n) is 0.894. The number of hydrogen-bond acceptors (Lipinski definition) is 28. The molecule has 33 heteroatoms. The topological polar surface area (TPSA) is 825 Å². The van der Waals surface area contributed by atoms with Crippen LogP contribution in [-0.4, -0.2) is 20.3 Å². The molecule has 0 aliphatic rings. The maximum atomic E-state index is 8.25. The van der Waals surface area contributed by atoms with E-state index < -0.39 is 20.3 Å². The van der Waals surface area contributed by atoms with Crippen LogP contribution in [-0.2, 0) is 21.1 Å². The minimum Gasteiger partial charge on any atom is -0.356 e. The maximum Gasteiger partial charge on any atom is 4.00 e. The summed E-state index contributed by atoms with van der Waals surface area (Å²) < 4.78 is 0. The third-order valence-corrected chi connectivity index (χ3v) is 0. The molecule has 0 amide bonds. The van der Waals surface area contributed by atoms with Crippen molar-refractivity contribution in [2.24, 2.45) is 0 Å². The first-order valence-electron chi connectivity index (χ1n) is 2.19. The predicted molar refractivity (Wildman–Crippen MR) is 122 cm³/mol. The Hall–Kier alpha value is -3.15. The Kier molecular flexibility index (Phi) is 2750. The van der Waals surface area contributed by atoms with Crippen molar-refractivity contribution in [3.8, 4) is 0 Å². The van der Waals surface area contributed by atoms with Crippen molar-refractivity contribution in [3.05, 3.63) is 61.3 Å². The first kappa shape index (κ1) is 317. The maximum absolute atomic E-state index is 8.25. The van der Waals surface area contributed by atoms with Crippen LogP contribution >= 0.6 is 0 Å². The Labute approximate surface area is 202 Å². The molecule has 0 radical (unpaired) electrons. The van der Waals surface area contributed by atoms with E-state index in [0.29, 0.717) is 0 Å². The molecule has 230 valence electrons. The summed E-state index contributed by atoms with van der Waals surface area (Å²) >= 11 is 0. The van der Waals surface area contributed by atoms with Gasteiger partial charge in [-0.15, -0.1) is 0 Å². The van der Waals surface area contributed by atoms with Crippen LogP contribution in [0.15, 0.2) is 0 Å². The van der Waals surface area contributed by atoms with E-state index in [1.54, 1.807) is 0 Å². The van der Waals surface area contributed by atoms with Gasteiger partial charge in [0.05, 0.1) is 20.3 Å². The van der Waals surface area contributed by atoms with Crippen molar-refractivity contribution in [2.75, 3.05) is 0 Å². The van der Waals surface area contributed by atoms with E-state index in [0.717, 1.165) is 0 Å². The molecule has 0 aliphatic carbocycles. The van der Waals surface area contributed by atoms with Gasteiger partial charge >= 0.3 is 21.1 Å². The van der Waals surface area contributed by atoms with Crippen molar-refractivity contribution >= 4 is 0 Å². The van der Waals surface area contributed by atoms with E-state index >= 15 is 0 Å². The molecule has 0 heterocycles. The molecular formula is H48N20O12Pt. The number of rotatable bonds is 0. The molecule has 0 rings (SSSR count). The van der Waals surface area contributed by atoms with Crippen LogP contribution in [0.1, 0.15) is 0 Å². The van der Waals surface area contributed by atoms with Crippen molar-refractivity contribution in [1.29, 1.82) is 0 Å². The second-order valence-corrected chi connectivity index (χ2v) is 0.894. The zero-order chi connectivity index (χ0) is 14.3. The summed E-state index contributed by atoms with van der Waals surface area (Å²) in [7, 11) is 0. The molecule has 0 unspecified atom stereocenters. The van der Waals surface area contributed by atoms with Crippen molar-refractivity contribution in [1.82, 2.24) is 98.4 Å². The number of hydrogen-bond donors (Lipinski definition) is 16. The van der Waals surface area contributed by atoms with Gasteiger partial charge in [0.25, 0.3) is 0 Å². The van der Waals surface area contributed by atoms with Crippen LogP contribution in [0.3, 0.4) is 0 Å². The van der Waals surface area contributed by atoms with Crippen LogP contribution in [0.25, 0.3) is 0 Å². The third kappa shape index (κ3) is 2090. The molecule has 0 bridgehead atoms. The number of nitrogens with zero attached hydrogens (tertiary/aromatic N) is 4. The molecule has 0 spiro atoms. The standard InChI is InChI=1S/4NO3.16H3N.Pt/c4*2-1(3)4;;;;;;;;;;;;;;;;;/h;;;;16*1H3;/q4*-1;;;;;;;;;;;;;;;;;+4. The Morgan fingerprint density at radius 3 is 0.242 bits per heavy atom. The van der Waals surface area contributed by atoms with Gasteiger partial charge in [0.15, 0.2) is 0 Å². The Morgan fingerprint density at radius 1 is 0.242 bits per heavy atom. The molecule has 0 atom stereocenters. The molecule has 48 N–H and O–H groups in total. The van der Waals surface area contributed by atoms with E-state index in [1.807, 2.05) is 0 Å². The van der Waals surface area contributed by atoms with Gasteiger partial charge in [-0.3, -0.25) is 0 Å². The molecule has 0 aliphatic heterocycles. The van der Waals surface area contributed by atoms with Gasteiger partial charge in [0, 0.05) is 0 Å². The fourth-order valence-electron chi connectivity index (χ4n) is 0. The second kappa shape index (κ2) is 286. The Bertz CT molecular complexity index is 177. The molecule has 0 saturated carbocycles. The normalized spacial score (nSPS) is 2.91. The van der Waals surface area contributed by atoms with Gasteiger partial charge < -0.3 is 160 Å². The Balaban J connectivity index is -0.00000000261. The average molecular weight is 716 g/mol. The largest absolute Gasteiger partial charge is 4.00 e. The van der Waals surface area contributed by atoms with E-state index in [2.05, 4.69) is 0 Å². The summed E-state index contributed by atoms with van der Waals surface area (Å²) in [5, 5.41) is 59.0. The summed E-state index contributed by atoms with van der Waals surface area (Å²) in [6, 6.07) is 0. The molecule has 0 aromatic carbocycles. The van der Waals surface area contributed by atoms with Crippen molar-refractivity contribution in [3.63, 3.8) is 0 Å². The van der Waals surface area contributed by atoms with Gasteiger partial charge in [-0.05, 0) is 0 Å². The van der Waals surface area contributed by atoms with Crippen LogP contribution < -0.4 is 98.4 Å². The molecule has 0 saturated heterocycles. The first-order valence-corrected chi connectivity index (χ1v) is 2.19. The van der Waals surface area contributed by atoms with Crippen LogP contribution in [0, 0.1) is 61.3 Å². The van der Waals surface area contributed by atoms with E-state index in [9.17, 15) is 0 Å².